The molecule has 6 nitrogen and oxygen atoms in total. The number of piperidine rings is 1. The number of carbonyl (C=O) groups excluding carboxylic acids is 3. The number of likely N-dealkylation sites (tertiary alicyclic amines) is 1. The van der Waals surface area contributed by atoms with Crippen molar-refractivity contribution in [3.63, 3.8) is 0 Å². The highest BCUT2D eigenvalue weighted by molar-refractivity contribution is 5.94. The molecule has 1 aromatic carbocycles. The van der Waals surface area contributed by atoms with E-state index in [1.165, 1.54) is 24.3 Å². The monoisotopic (exact) mass is 293 g/mol. The molecule has 2 rings (SSSR count). The summed E-state index contributed by atoms with van der Waals surface area (Å²) in [4.78, 5) is 35.8. The molecular weight excluding hydrogens is 277 g/mol. The van der Waals surface area contributed by atoms with Crippen LogP contribution in [0, 0.1) is 11.7 Å². The lowest BCUT2D eigenvalue weighted by Gasteiger charge is -2.32. The zero-order chi connectivity index (χ0) is 15.2. The first-order valence-electron chi connectivity index (χ1n) is 6.65. The van der Waals surface area contributed by atoms with Crippen molar-refractivity contribution in [2.75, 3.05) is 13.1 Å². The molecule has 0 bridgehead atoms. The summed E-state index contributed by atoms with van der Waals surface area (Å²) in [5, 5.41) is 0. The quantitative estimate of drug-likeness (QED) is 0.625. The summed E-state index contributed by atoms with van der Waals surface area (Å²) in [5.41, 5.74) is 4.76. The third-order valence-corrected chi connectivity index (χ3v) is 3.42. The van der Waals surface area contributed by atoms with E-state index >= 15 is 0 Å². The second kappa shape index (κ2) is 6.83. The van der Waals surface area contributed by atoms with Crippen LogP contribution in [0.3, 0.4) is 0 Å². The van der Waals surface area contributed by atoms with Gasteiger partial charge in [-0.25, -0.2) is 4.39 Å². The van der Waals surface area contributed by atoms with E-state index in [4.69, 9.17) is 0 Å². The summed E-state index contributed by atoms with van der Waals surface area (Å²) < 4.78 is 12.9. The number of amides is 3. The van der Waals surface area contributed by atoms with Crippen molar-refractivity contribution in [3.8, 4) is 0 Å². The van der Waals surface area contributed by atoms with Gasteiger partial charge in [-0.15, -0.1) is 0 Å². The number of nitrogens with zero attached hydrogens (tertiary/aromatic N) is 1. The average molecular weight is 293 g/mol. The molecule has 3 amide bonds. The van der Waals surface area contributed by atoms with Gasteiger partial charge in [-0.05, 0) is 37.1 Å². The third-order valence-electron chi connectivity index (χ3n) is 3.42. The van der Waals surface area contributed by atoms with Crippen molar-refractivity contribution in [3.05, 3.63) is 35.6 Å². The van der Waals surface area contributed by atoms with Crippen LogP contribution in [0.25, 0.3) is 0 Å². The highest BCUT2D eigenvalue weighted by atomic mass is 19.1. The molecule has 0 aliphatic carbocycles. The second-order valence-corrected chi connectivity index (χ2v) is 4.85. The first-order chi connectivity index (χ1) is 10.1. The summed E-state index contributed by atoms with van der Waals surface area (Å²) in [6, 6.07) is 5.31. The molecule has 1 unspecified atom stereocenters. The van der Waals surface area contributed by atoms with Crippen molar-refractivity contribution in [2.24, 2.45) is 5.92 Å². The number of hydrogen-bond acceptors (Lipinski definition) is 3. The fourth-order valence-electron chi connectivity index (χ4n) is 2.35. The zero-order valence-corrected chi connectivity index (χ0v) is 11.3. The maximum Gasteiger partial charge on any atom is 0.253 e. The Balaban J connectivity index is 2.00. The van der Waals surface area contributed by atoms with E-state index in [1.807, 2.05) is 0 Å². The standard InChI is InChI=1S/C14H16FN3O3/c15-12-5-3-10(4-6-12)14(21)18-7-1-2-11(8-18)13(20)17-16-9-19/h3-6,9,11H,1-2,7-8H2,(H,16,19)(H,17,20). The summed E-state index contributed by atoms with van der Waals surface area (Å²) in [6.45, 7) is 0.837. The van der Waals surface area contributed by atoms with Gasteiger partial charge >= 0.3 is 0 Å². The first kappa shape index (κ1) is 15.0. The lowest BCUT2D eigenvalue weighted by Crippen LogP contribution is -2.48. The molecule has 1 saturated heterocycles. The van der Waals surface area contributed by atoms with Crippen LogP contribution in [0.5, 0.6) is 0 Å². The van der Waals surface area contributed by atoms with Gasteiger partial charge in [0.05, 0.1) is 5.92 Å². The van der Waals surface area contributed by atoms with E-state index in [0.717, 1.165) is 0 Å². The lowest BCUT2D eigenvalue weighted by atomic mass is 9.96. The predicted molar refractivity (Wildman–Crippen MR) is 72.4 cm³/mol. The van der Waals surface area contributed by atoms with Gasteiger partial charge in [0.2, 0.25) is 12.3 Å². The van der Waals surface area contributed by atoms with Crippen LogP contribution in [-0.2, 0) is 9.59 Å². The summed E-state index contributed by atoms with van der Waals surface area (Å²) in [6.07, 6.45) is 1.73. The molecule has 1 aliphatic rings. The SMILES string of the molecule is O=CNNC(=O)C1CCCN(C(=O)c2ccc(F)cc2)C1. The minimum absolute atomic E-state index is 0.226. The Hall–Kier alpha value is -2.44. The van der Waals surface area contributed by atoms with Gasteiger partial charge < -0.3 is 4.90 Å². The zero-order valence-electron chi connectivity index (χ0n) is 11.3. The van der Waals surface area contributed by atoms with Crippen LogP contribution >= 0.6 is 0 Å². The van der Waals surface area contributed by atoms with Crippen LogP contribution in [0.1, 0.15) is 23.2 Å². The summed E-state index contributed by atoms with van der Waals surface area (Å²) >= 11 is 0. The van der Waals surface area contributed by atoms with Crippen LogP contribution in [0.2, 0.25) is 0 Å². The number of carbonyl (C=O) groups is 3. The number of rotatable bonds is 4. The van der Waals surface area contributed by atoms with Crippen molar-refractivity contribution >= 4 is 18.2 Å². The van der Waals surface area contributed by atoms with E-state index < -0.39 is 5.82 Å². The summed E-state index contributed by atoms with van der Waals surface area (Å²) in [5.74, 6) is -1.31. The number of hydrazine groups is 1. The van der Waals surface area contributed by atoms with E-state index in [-0.39, 0.29) is 24.3 Å². The van der Waals surface area contributed by atoms with Gasteiger partial charge in [0.15, 0.2) is 0 Å². The van der Waals surface area contributed by atoms with E-state index in [1.54, 1.807) is 4.90 Å². The molecule has 1 fully saturated rings. The normalized spacial score (nSPS) is 18.0. The molecule has 0 saturated carbocycles. The molecule has 1 aliphatic heterocycles. The maximum atomic E-state index is 12.9. The molecule has 21 heavy (non-hydrogen) atoms. The Labute approximate surface area is 121 Å². The molecule has 0 aromatic heterocycles. The van der Waals surface area contributed by atoms with E-state index in [9.17, 15) is 18.8 Å². The van der Waals surface area contributed by atoms with Gasteiger partial charge in [-0.3, -0.25) is 25.2 Å². The van der Waals surface area contributed by atoms with Gasteiger partial charge in [-0.1, -0.05) is 0 Å². The van der Waals surface area contributed by atoms with Crippen LogP contribution in [0.4, 0.5) is 4.39 Å². The van der Waals surface area contributed by atoms with Gasteiger partial charge in [-0.2, -0.15) is 0 Å². The molecule has 2 N–H and O–H groups in total. The Morgan fingerprint density at radius 1 is 1.29 bits per heavy atom. The molecule has 1 atom stereocenters. The Morgan fingerprint density at radius 2 is 2.00 bits per heavy atom. The third kappa shape index (κ3) is 3.77. The fraction of sp³-hybridized carbons (Fsp3) is 0.357. The topological polar surface area (TPSA) is 78.5 Å². The van der Waals surface area contributed by atoms with Crippen LogP contribution < -0.4 is 10.9 Å². The van der Waals surface area contributed by atoms with Crippen molar-refractivity contribution < 1.29 is 18.8 Å². The number of halogens is 1. The Bertz CT molecular complexity index is 533. The van der Waals surface area contributed by atoms with Crippen molar-refractivity contribution in [1.29, 1.82) is 0 Å². The molecule has 1 aromatic rings. The average Bonchev–Trinajstić information content (AvgIpc) is 2.52. The van der Waals surface area contributed by atoms with Gasteiger partial charge in [0.1, 0.15) is 5.82 Å². The van der Waals surface area contributed by atoms with E-state index in [2.05, 4.69) is 10.9 Å². The highest BCUT2D eigenvalue weighted by Gasteiger charge is 2.28. The van der Waals surface area contributed by atoms with Crippen LogP contribution in [-0.4, -0.2) is 36.2 Å². The van der Waals surface area contributed by atoms with Crippen LogP contribution in [0.15, 0.2) is 24.3 Å². The lowest BCUT2D eigenvalue weighted by molar-refractivity contribution is -0.129. The molecule has 0 spiro atoms. The molecule has 1 heterocycles. The molecular formula is C14H16FN3O3. The Morgan fingerprint density at radius 3 is 2.67 bits per heavy atom. The first-order valence-corrected chi connectivity index (χ1v) is 6.65. The van der Waals surface area contributed by atoms with Crippen molar-refractivity contribution in [2.45, 2.75) is 12.8 Å². The molecule has 112 valence electrons. The maximum absolute atomic E-state index is 12.9. The van der Waals surface area contributed by atoms with E-state index in [0.29, 0.717) is 31.4 Å². The highest BCUT2D eigenvalue weighted by Crippen LogP contribution is 2.19. The fourth-order valence-corrected chi connectivity index (χ4v) is 2.35. The molecule has 7 heteroatoms. The number of nitrogens with one attached hydrogen (secondary N) is 2. The molecule has 0 radical (unpaired) electrons. The largest absolute Gasteiger partial charge is 0.338 e. The second-order valence-electron chi connectivity index (χ2n) is 4.85. The summed E-state index contributed by atoms with van der Waals surface area (Å²) in [7, 11) is 0. The minimum Gasteiger partial charge on any atom is -0.338 e. The smallest absolute Gasteiger partial charge is 0.253 e. The predicted octanol–water partition coefficient (Wildman–Crippen LogP) is 0.455. The number of hydrogen-bond donors (Lipinski definition) is 2. The Kier molecular flexibility index (Phi) is 4.86. The van der Waals surface area contributed by atoms with Crippen molar-refractivity contribution in [1.82, 2.24) is 15.8 Å². The van der Waals surface area contributed by atoms with Gasteiger partial charge in [0.25, 0.3) is 5.91 Å². The minimum atomic E-state index is -0.401. The van der Waals surface area contributed by atoms with Gasteiger partial charge in [0, 0.05) is 18.7 Å². The number of benzene rings is 1.